The summed E-state index contributed by atoms with van der Waals surface area (Å²) in [6, 6.07) is 10.2. The average molecular weight is 321 g/mol. The van der Waals surface area contributed by atoms with Gasteiger partial charge in [-0.3, -0.25) is 4.79 Å². The molecule has 0 aliphatic rings. The molecule has 4 nitrogen and oxygen atoms in total. The van der Waals surface area contributed by atoms with Gasteiger partial charge in [-0.15, -0.1) is 0 Å². The molecule has 0 unspecified atom stereocenters. The minimum atomic E-state index is -3.71. The highest BCUT2D eigenvalue weighted by atomic mass is 32.2. The number of benzene rings is 2. The van der Waals surface area contributed by atoms with E-state index >= 15 is 0 Å². The normalized spacial score (nSPS) is 11.4. The van der Waals surface area contributed by atoms with Crippen LogP contribution < -0.4 is 4.72 Å². The van der Waals surface area contributed by atoms with Crippen LogP contribution in [0.3, 0.4) is 0 Å². The summed E-state index contributed by atoms with van der Waals surface area (Å²) in [6.45, 7) is 3.04. The highest BCUT2D eigenvalue weighted by Crippen LogP contribution is 2.13. The summed E-state index contributed by atoms with van der Waals surface area (Å²) < 4.78 is 40.1. The highest BCUT2D eigenvalue weighted by molar-refractivity contribution is 7.89. The van der Waals surface area contributed by atoms with Gasteiger partial charge in [0.1, 0.15) is 5.82 Å². The Labute approximate surface area is 129 Å². The smallest absolute Gasteiger partial charge is 0.240 e. The molecule has 22 heavy (non-hydrogen) atoms. The summed E-state index contributed by atoms with van der Waals surface area (Å²) in [7, 11) is -3.71. The molecule has 0 saturated carbocycles. The Morgan fingerprint density at radius 2 is 1.77 bits per heavy atom. The van der Waals surface area contributed by atoms with Crippen LogP contribution in [0.1, 0.15) is 28.4 Å². The lowest BCUT2D eigenvalue weighted by Gasteiger charge is -2.08. The fourth-order valence-corrected chi connectivity index (χ4v) is 2.89. The molecule has 2 rings (SSSR count). The van der Waals surface area contributed by atoms with E-state index in [-0.39, 0.29) is 23.0 Å². The molecule has 0 saturated heterocycles. The SMILES string of the molecule is CC(=O)c1ccc(S(=O)(=O)NCc2ccc(C)c(F)c2)cc1. The van der Waals surface area contributed by atoms with E-state index < -0.39 is 10.0 Å². The van der Waals surface area contributed by atoms with Crippen molar-refractivity contribution in [3.05, 3.63) is 65.0 Å². The number of nitrogens with one attached hydrogen (secondary N) is 1. The largest absolute Gasteiger partial charge is 0.295 e. The molecule has 0 fully saturated rings. The van der Waals surface area contributed by atoms with Gasteiger partial charge in [0.05, 0.1) is 4.90 Å². The summed E-state index contributed by atoms with van der Waals surface area (Å²) in [4.78, 5) is 11.2. The van der Waals surface area contributed by atoms with E-state index in [1.54, 1.807) is 19.1 Å². The Bertz CT molecular complexity index is 799. The lowest BCUT2D eigenvalue weighted by Crippen LogP contribution is -2.23. The Morgan fingerprint density at radius 3 is 2.32 bits per heavy atom. The van der Waals surface area contributed by atoms with Crippen molar-refractivity contribution in [2.75, 3.05) is 0 Å². The number of sulfonamides is 1. The summed E-state index contributed by atoms with van der Waals surface area (Å²) >= 11 is 0. The predicted octanol–water partition coefficient (Wildman–Crippen LogP) is 2.82. The van der Waals surface area contributed by atoms with Gasteiger partial charge < -0.3 is 0 Å². The zero-order valence-electron chi connectivity index (χ0n) is 12.3. The third-order valence-electron chi connectivity index (χ3n) is 3.27. The van der Waals surface area contributed by atoms with Crippen molar-refractivity contribution in [2.45, 2.75) is 25.3 Å². The monoisotopic (exact) mass is 321 g/mol. The lowest BCUT2D eigenvalue weighted by atomic mass is 10.1. The number of aryl methyl sites for hydroxylation is 1. The summed E-state index contributed by atoms with van der Waals surface area (Å²) in [6.07, 6.45) is 0. The average Bonchev–Trinajstić information content (AvgIpc) is 2.48. The molecule has 0 radical (unpaired) electrons. The van der Waals surface area contributed by atoms with Crippen molar-refractivity contribution in [1.82, 2.24) is 4.72 Å². The zero-order chi connectivity index (χ0) is 16.3. The number of carbonyl (C=O) groups is 1. The van der Waals surface area contributed by atoms with Gasteiger partial charge in [0.2, 0.25) is 10.0 Å². The Kier molecular flexibility index (Phi) is 4.73. The van der Waals surface area contributed by atoms with Gasteiger partial charge in [-0.1, -0.05) is 24.3 Å². The van der Waals surface area contributed by atoms with Crippen molar-refractivity contribution in [3.63, 3.8) is 0 Å². The number of carbonyl (C=O) groups excluding carboxylic acids is 1. The van der Waals surface area contributed by atoms with Crippen molar-refractivity contribution in [3.8, 4) is 0 Å². The van der Waals surface area contributed by atoms with Crippen LogP contribution in [0.4, 0.5) is 4.39 Å². The number of rotatable bonds is 5. The molecule has 116 valence electrons. The number of hydrogen-bond donors (Lipinski definition) is 1. The third kappa shape index (κ3) is 3.78. The molecule has 0 amide bonds. The van der Waals surface area contributed by atoms with Gasteiger partial charge in [0.15, 0.2) is 5.78 Å². The molecule has 1 N–H and O–H groups in total. The molecule has 0 spiro atoms. The van der Waals surface area contributed by atoms with E-state index in [1.807, 2.05) is 0 Å². The van der Waals surface area contributed by atoms with E-state index in [2.05, 4.69) is 4.72 Å². The Hall–Kier alpha value is -2.05. The van der Waals surface area contributed by atoms with Crippen LogP contribution in [0, 0.1) is 12.7 Å². The van der Waals surface area contributed by atoms with E-state index in [1.165, 1.54) is 37.3 Å². The molecular formula is C16H16FNO3S. The van der Waals surface area contributed by atoms with Crippen LogP contribution in [-0.4, -0.2) is 14.2 Å². The number of Topliss-reactive ketones (excluding diaryl/α,β-unsaturated/α-hetero) is 1. The van der Waals surface area contributed by atoms with E-state index in [4.69, 9.17) is 0 Å². The molecule has 0 aliphatic heterocycles. The maximum atomic E-state index is 13.4. The van der Waals surface area contributed by atoms with Crippen LogP contribution in [0.2, 0.25) is 0 Å². The van der Waals surface area contributed by atoms with Crippen molar-refractivity contribution in [1.29, 1.82) is 0 Å². The van der Waals surface area contributed by atoms with Gasteiger partial charge >= 0.3 is 0 Å². The van der Waals surface area contributed by atoms with Crippen LogP contribution in [0.15, 0.2) is 47.4 Å². The second kappa shape index (κ2) is 6.37. The molecule has 0 aromatic heterocycles. The molecule has 2 aromatic carbocycles. The van der Waals surface area contributed by atoms with Crippen LogP contribution in [0.5, 0.6) is 0 Å². The second-order valence-corrected chi connectivity index (χ2v) is 6.76. The van der Waals surface area contributed by atoms with Crippen LogP contribution in [0.25, 0.3) is 0 Å². The second-order valence-electron chi connectivity index (χ2n) is 4.99. The molecular weight excluding hydrogens is 305 g/mol. The summed E-state index contributed by atoms with van der Waals surface area (Å²) in [5.41, 5.74) is 1.48. The Balaban J connectivity index is 2.13. The van der Waals surface area contributed by atoms with Gasteiger partial charge in [-0.25, -0.2) is 17.5 Å². The summed E-state index contributed by atoms with van der Waals surface area (Å²) in [5, 5.41) is 0. The standard InChI is InChI=1S/C16H16FNO3S/c1-11-3-4-13(9-16(11)17)10-18-22(20,21)15-7-5-14(6-8-15)12(2)19/h3-9,18H,10H2,1-2H3. The lowest BCUT2D eigenvalue weighted by molar-refractivity contribution is 0.101. The van der Waals surface area contributed by atoms with E-state index in [0.717, 1.165) is 0 Å². The van der Waals surface area contributed by atoms with E-state index in [0.29, 0.717) is 16.7 Å². The van der Waals surface area contributed by atoms with Crippen molar-refractivity contribution >= 4 is 15.8 Å². The third-order valence-corrected chi connectivity index (χ3v) is 4.69. The molecule has 2 aromatic rings. The molecule has 0 atom stereocenters. The van der Waals surface area contributed by atoms with Gasteiger partial charge in [-0.05, 0) is 43.2 Å². The quantitative estimate of drug-likeness (QED) is 0.861. The van der Waals surface area contributed by atoms with Crippen LogP contribution >= 0.6 is 0 Å². The Morgan fingerprint density at radius 1 is 1.14 bits per heavy atom. The molecule has 0 bridgehead atoms. The van der Waals surface area contributed by atoms with Gasteiger partial charge in [0.25, 0.3) is 0 Å². The molecule has 6 heteroatoms. The maximum absolute atomic E-state index is 13.4. The summed E-state index contributed by atoms with van der Waals surface area (Å²) in [5.74, 6) is -0.505. The van der Waals surface area contributed by atoms with Gasteiger partial charge in [0, 0.05) is 12.1 Å². The fraction of sp³-hybridized carbons (Fsp3) is 0.188. The first kappa shape index (κ1) is 16.3. The van der Waals surface area contributed by atoms with E-state index in [9.17, 15) is 17.6 Å². The number of ketones is 1. The first-order valence-electron chi connectivity index (χ1n) is 6.65. The predicted molar refractivity (Wildman–Crippen MR) is 81.6 cm³/mol. The number of hydrogen-bond acceptors (Lipinski definition) is 3. The van der Waals surface area contributed by atoms with Crippen LogP contribution in [-0.2, 0) is 16.6 Å². The maximum Gasteiger partial charge on any atom is 0.240 e. The topological polar surface area (TPSA) is 63.2 Å². The highest BCUT2D eigenvalue weighted by Gasteiger charge is 2.14. The molecule has 0 heterocycles. The fourth-order valence-electron chi connectivity index (χ4n) is 1.88. The van der Waals surface area contributed by atoms with Gasteiger partial charge in [-0.2, -0.15) is 0 Å². The van der Waals surface area contributed by atoms with Crippen molar-refractivity contribution < 1.29 is 17.6 Å². The zero-order valence-corrected chi connectivity index (χ0v) is 13.1. The first-order chi connectivity index (χ1) is 10.3. The molecule has 0 aliphatic carbocycles. The van der Waals surface area contributed by atoms with Crippen molar-refractivity contribution in [2.24, 2.45) is 0 Å². The first-order valence-corrected chi connectivity index (χ1v) is 8.13. The number of halogens is 1. The minimum Gasteiger partial charge on any atom is -0.295 e. The minimum absolute atomic E-state index is 0.00596.